The lowest BCUT2D eigenvalue weighted by atomic mass is 9.95. The van der Waals surface area contributed by atoms with Crippen LogP contribution in [-0.4, -0.2) is 29.2 Å². The first-order valence-electron chi connectivity index (χ1n) is 8.04. The second-order valence-electron chi connectivity index (χ2n) is 6.02. The molecule has 1 fully saturated rings. The second kappa shape index (κ2) is 7.42. The van der Waals surface area contributed by atoms with Crippen LogP contribution >= 0.6 is 0 Å². The number of benzene rings is 1. The molecule has 132 valence electrons. The Bertz CT molecular complexity index is 816. The average molecular weight is 348 g/mol. The molecule has 1 aliphatic heterocycles. The zero-order chi connectivity index (χ0) is 17.8. The van der Waals surface area contributed by atoms with Crippen LogP contribution in [0, 0.1) is 17.6 Å². The van der Waals surface area contributed by atoms with Gasteiger partial charge in [0.1, 0.15) is 11.6 Å². The Balaban J connectivity index is 1.52. The predicted octanol–water partition coefficient (Wildman–Crippen LogP) is 1.58. The maximum atomic E-state index is 13.6. The number of halogens is 2. The lowest BCUT2D eigenvalue weighted by Crippen LogP contribution is -2.40. The molecule has 1 aliphatic rings. The smallest absolute Gasteiger partial charge is 0.266 e. The Labute approximate surface area is 142 Å². The van der Waals surface area contributed by atoms with E-state index in [4.69, 9.17) is 0 Å². The van der Waals surface area contributed by atoms with Crippen molar-refractivity contribution in [3.05, 3.63) is 58.0 Å². The molecule has 2 aromatic rings. The molecule has 8 heteroatoms. The monoisotopic (exact) mass is 348 g/mol. The molecule has 2 heterocycles. The Morgan fingerprint density at radius 2 is 2.04 bits per heavy atom. The molecule has 3 rings (SSSR count). The van der Waals surface area contributed by atoms with Gasteiger partial charge in [-0.25, -0.2) is 13.9 Å². The highest BCUT2D eigenvalue weighted by molar-refractivity contribution is 5.79. The van der Waals surface area contributed by atoms with Gasteiger partial charge in [-0.3, -0.25) is 9.59 Å². The van der Waals surface area contributed by atoms with Crippen molar-refractivity contribution in [2.75, 3.05) is 18.0 Å². The minimum atomic E-state index is -0.670. The van der Waals surface area contributed by atoms with E-state index in [-0.39, 0.29) is 29.5 Å². The summed E-state index contributed by atoms with van der Waals surface area (Å²) in [4.78, 5) is 25.6. The van der Waals surface area contributed by atoms with Crippen molar-refractivity contribution >= 4 is 11.6 Å². The Morgan fingerprint density at radius 3 is 2.72 bits per heavy atom. The molecular formula is C17H18F2N4O2. The van der Waals surface area contributed by atoms with Crippen LogP contribution in [0.2, 0.25) is 0 Å². The molecule has 0 saturated carbocycles. The van der Waals surface area contributed by atoms with Crippen LogP contribution < -0.4 is 15.8 Å². The Morgan fingerprint density at radius 1 is 1.28 bits per heavy atom. The third kappa shape index (κ3) is 4.20. The Kier molecular flexibility index (Phi) is 5.06. The largest absolute Gasteiger partial charge is 0.370 e. The van der Waals surface area contributed by atoms with Crippen molar-refractivity contribution in [3.63, 3.8) is 0 Å². The summed E-state index contributed by atoms with van der Waals surface area (Å²) in [6, 6.07) is 4.77. The third-order valence-corrected chi connectivity index (χ3v) is 4.35. The van der Waals surface area contributed by atoms with E-state index in [0.717, 1.165) is 11.8 Å². The topological polar surface area (TPSA) is 78.1 Å². The summed E-state index contributed by atoms with van der Waals surface area (Å²) >= 11 is 0. The molecule has 1 amide bonds. The molecule has 0 atom stereocenters. The van der Waals surface area contributed by atoms with Gasteiger partial charge in [0.25, 0.3) is 5.56 Å². The molecule has 6 nitrogen and oxygen atoms in total. The number of piperidine rings is 1. The van der Waals surface area contributed by atoms with Gasteiger partial charge in [0, 0.05) is 43.2 Å². The SMILES string of the molecule is O=C(NCc1ccc(F)cc1F)C1CCN(c2cn[nH]c(=O)c2)CC1. The lowest BCUT2D eigenvalue weighted by molar-refractivity contribution is -0.125. The van der Waals surface area contributed by atoms with E-state index >= 15 is 0 Å². The van der Waals surface area contributed by atoms with Gasteiger partial charge in [0.05, 0.1) is 11.9 Å². The molecular weight excluding hydrogens is 330 g/mol. The van der Waals surface area contributed by atoms with E-state index in [1.165, 1.54) is 18.2 Å². The first-order chi connectivity index (χ1) is 12.0. The quantitative estimate of drug-likeness (QED) is 0.879. The molecule has 0 radical (unpaired) electrons. The van der Waals surface area contributed by atoms with Gasteiger partial charge < -0.3 is 10.2 Å². The number of hydrogen-bond donors (Lipinski definition) is 2. The maximum absolute atomic E-state index is 13.6. The Hall–Kier alpha value is -2.77. The lowest BCUT2D eigenvalue weighted by Gasteiger charge is -2.32. The van der Waals surface area contributed by atoms with Gasteiger partial charge in [0.2, 0.25) is 5.91 Å². The molecule has 0 spiro atoms. The maximum Gasteiger partial charge on any atom is 0.266 e. The molecule has 0 bridgehead atoms. The number of rotatable bonds is 4. The summed E-state index contributed by atoms with van der Waals surface area (Å²) in [7, 11) is 0. The van der Waals surface area contributed by atoms with Crippen molar-refractivity contribution < 1.29 is 13.6 Å². The van der Waals surface area contributed by atoms with Crippen LogP contribution in [0.25, 0.3) is 0 Å². The minimum absolute atomic E-state index is 0.0309. The van der Waals surface area contributed by atoms with Crippen LogP contribution in [0.15, 0.2) is 35.3 Å². The molecule has 1 aromatic carbocycles. The number of amides is 1. The molecule has 2 N–H and O–H groups in total. The number of carbonyl (C=O) groups excluding carboxylic acids is 1. The second-order valence-corrected chi connectivity index (χ2v) is 6.02. The van der Waals surface area contributed by atoms with Crippen molar-refractivity contribution in [1.29, 1.82) is 0 Å². The van der Waals surface area contributed by atoms with Gasteiger partial charge in [-0.1, -0.05) is 6.07 Å². The number of anilines is 1. The summed E-state index contributed by atoms with van der Waals surface area (Å²) in [5.74, 6) is -1.63. The third-order valence-electron chi connectivity index (χ3n) is 4.35. The number of nitrogens with one attached hydrogen (secondary N) is 2. The van der Waals surface area contributed by atoms with E-state index in [1.807, 2.05) is 4.90 Å². The van der Waals surface area contributed by atoms with Crippen molar-refractivity contribution in [1.82, 2.24) is 15.5 Å². The van der Waals surface area contributed by atoms with Gasteiger partial charge in [-0.05, 0) is 18.9 Å². The van der Waals surface area contributed by atoms with E-state index in [1.54, 1.807) is 6.20 Å². The van der Waals surface area contributed by atoms with Gasteiger partial charge in [-0.2, -0.15) is 5.10 Å². The first-order valence-corrected chi connectivity index (χ1v) is 8.04. The normalized spacial score (nSPS) is 15.2. The fourth-order valence-corrected chi connectivity index (χ4v) is 2.93. The van der Waals surface area contributed by atoms with Crippen LogP contribution in [-0.2, 0) is 11.3 Å². The van der Waals surface area contributed by atoms with E-state index in [0.29, 0.717) is 25.9 Å². The summed E-state index contributed by atoms with van der Waals surface area (Å²) in [6.07, 6.45) is 2.84. The fraction of sp³-hybridized carbons (Fsp3) is 0.353. The molecule has 1 saturated heterocycles. The fourth-order valence-electron chi connectivity index (χ4n) is 2.93. The number of aromatic nitrogens is 2. The van der Waals surface area contributed by atoms with E-state index < -0.39 is 11.6 Å². The average Bonchev–Trinajstić information content (AvgIpc) is 2.61. The zero-order valence-corrected chi connectivity index (χ0v) is 13.5. The van der Waals surface area contributed by atoms with E-state index in [2.05, 4.69) is 15.5 Å². The summed E-state index contributed by atoms with van der Waals surface area (Å²) < 4.78 is 26.5. The van der Waals surface area contributed by atoms with Crippen LogP contribution in [0.4, 0.5) is 14.5 Å². The van der Waals surface area contributed by atoms with Crippen molar-refractivity contribution in [3.8, 4) is 0 Å². The highest BCUT2D eigenvalue weighted by Gasteiger charge is 2.25. The summed E-state index contributed by atoms with van der Waals surface area (Å²) in [5.41, 5.74) is 0.719. The van der Waals surface area contributed by atoms with E-state index in [9.17, 15) is 18.4 Å². The highest BCUT2D eigenvalue weighted by atomic mass is 19.1. The van der Waals surface area contributed by atoms with Crippen LogP contribution in [0.1, 0.15) is 18.4 Å². The summed E-state index contributed by atoms with van der Waals surface area (Å²) in [5, 5.41) is 8.80. The summed E-state index contributed by atoms with van der Waals surface area (Å²) in [6.45, 7) is 1.30. The number of hydrogen-bond acceptors (Lipinski definition) is 4. The number of H-pyrrole nitrogens is 1. The standard InChI is InChI=1S/C17H18F2N4O2/c18-13-2-1-12(15(19)7-13)9-20-17(25)11-3-5-23(6-4-11)14-8-16(24)22-21-10-14/h1-2,7-8,10-11H,3-6,9H2,(H,20,25)(H,22,24). The predicted molar refractivity (Wildman–Crippen MR) is 88.0 cm³/mol. The van der Waals surface area contributed by atoms with Gasteiger partial charge >= 0.3 is 0 Å². The van der Waals surface area contributed by atoms with Gasteiger partial charge in [0.15, 0.2) is 0 Å². The number of nitrogens with zero attached hydrogens (tertiary/aromatic N) is 2. The molecule has 1 aromatic heterocycles. The van der Waals surface area contributed by atoms with Crippen LogP contribution in [0.3, 0.4) is 0 Å². The van der Waals surface area contributed by atoms with Crippen molar-refractivity contribution in [2.45, 2.75) is 19.4 Å². The first kappa shape index (κ1) is 17.1. The van der Waals surface area contributed by atoms with Gasteiger partial charge in [-0.15, -0.1) is 0 Å². The molecule has 0 unspecified atom stereocenters. The highest BCUT2D eigenvalue weighted by Crippen LogP contribution is 2.22. The molecule has 0 aliphatic carbocycles. The van der Waals surface area contributed by atoms with Crippen LogP contribution in [0.5, 0.6) is 0 Å². The minimum Gasteiger partial charge on any atom is -0.370 e. The molecule has 25 heavy (non-hydrogen) atoms. The number of aromatic amines is 1. The number of carbonyl (C=O) groups is 1. The van der Waals surface area contributed by atoms with Crippen molar-refractivity contribution in [2.24, 2.45) is 5.92 Å². The zero-order valence-electron chi connectivity index (χ0n) is 13.5.